The molecule has 3 rings (SSSR count). The van der Waals surface area contributed by atoms with Gasteiger partial charge in [-0.3, -0.25) is 9.48 Å². The van der Waals surface area contributed by atoms with E-state index >= 15 is 0 Å². The van der Waals surface area contributed by atoms with E-state index < -0.39 is 0 Å². The molecule has 8 heteroatoms. The first-order valence-electron chi connectivity index (χ1n) is 6.54. The highest BCUT2D eigenvalue weighted by molar-refractivity contribution is 9.10. The van der Waals surface area contributed by atoms with Gasteiger partial charge in [0.2, 0.25) is 0 Å². The Kier molecular flexibility index (Phi) is 3.84. The average Bonchev–Trinajstić information content (AvgIpc) is 3.17. The highest BCUT2D eigenvalue weighted by Gasteiger charge is 2.13. The number of nitrogens with one attached hydrogen (secondary N) is 1. The topological polar surface area (TPSA) is 86.1 Å². The van der Waals surface area contributed by atoms with E-state index in [1.807, 2.05) is 13.8 Å². The third-order valence-corrected chi connectivity index (χ3v) is 3.62. The Morgan fingerprint density at radius 2 is 2.23 bits per heavy atom. The Labute approximate surface area is 134 Å². The minimum Gasteiger partial charge on any atom is -0.444 e. The van der Waals surface area contributed by atoms with Crippen molar-refractivity contribution < 1.29 is 13.7 Å². The zero-order valence-corrected chi connectivity index (χ0v) is 13.5. The fourth-order valence-electron chi connectivity index (χ4n) is 2.03. The van der Waals surface area contributed by atoms with Crippen molar-refractivity contribution in [2.45, 2.75) is 20.4 Å². The second-order valence-electron chi connectivity index (χ2n) is 4.79. The van der Waals surface area contributed by atoms with Gasteiger partial charge in [-0.2, -0.15) is 5.10 Å². The van der Waals surface area contributed by atoms with Gasteiger partial charge in [0.05, 0.1) is 24.1 Å². The summed E-state index contributed by atoms with van der Waals surface area (Å²) >= 11 is 3.16. The van der Waals surface area contributed by atoms with Crippen LogP contribution in [-0.2, 0) is 6.54 Å². The SMILES string of the molecule is Cc1noc(C)c1Cn1cc(NC(=O)c2ccc(Br)o2)cn1. The lowest BCUT2D eigenvalue weighted by atomic mass is 10.2. The highest BCUT2D eigenvalue weighted by atomic mass is 79.9. The largest absolute Gasteiger partial charge is 0.444 e. The molecule has 22 heavy (non-hydrogen) atoms. The summed E-state index contributed by atoms with van der Waals surface area (Å²) in [5.41, 5.74) is 2.40. The standard InChI is InChI=1S/C14H13BrN4O3/c1-8-11(9(2)22-18-8)7-19-6-10(5-16-19)17-14(20)12-3-4-13(15)21-12/h3-6H,7H2,1-2H3,(H,17,20). The molecule has 0 aromatic carbocycles. The molecule has 3 aromatic heterocycles. The van der Waals surface area contributed by atoms with Gasteiger partial charge in [0, 0.05) is 11.8 Å². The summed E-state index contributed by atoms with van der Waals surface area (Å²) in [4.78, 5) is 12.0. The van der Waals surface area contributed by atoms with Crippen LogP contribution in [0.5, 0.6) is 0 Å². The number of halogens is 1. The van der Waals surface area contributed by atoms with Crippen molar-refractivity contribution in [2.75, 3.05) is 5.32 Å². The van der Waals surface area contributed by atoms with Gasteiger partial charge in [-0.1, -0.05) is 5.16 Å². The van der Waals surface area contributed by atoms with E-state index in [0.717, 1.165) is 17.0 Å². The Morgan fingerprint density at radius 1 is 1.41 bits per heavy atom. The number of aryl methyl sites for hydroxylation is 2. The monoisotopic (exact) mass is 364 g/mol. The third-order valence-electron chi connectivity index (χ3n) is 3.19. The molecule has 7 nitrogen and oxygen atoms in total. The second-order valence-corrected chi connectivity index (χ2v) is 5.57. The van der Waals surface area contributed by atoms with E-state index in [1.54, 1.807) is 29.2 Å². The molecule has 0 bridgehead atoms. The maximum atomic E-state index is 12.0. The molecule has 0 spiro atoms. The van der Waals surface area contributed by atoms with Gasteiger partial charge < -0.3 is 14.3 Å². The molecular formula is C14H13BrN4O3. The Hall–Kier alpha value is -2.35. The minimum absolute atomic E-state index is 0.227. The van der Waals surface area contributed by atoms with Gasteiger partial charge in [-0.15, -0.1) is 0 Å². The summed E-state index contributed by atoms with van der Waals surface area (Å²) in [6.07, 6.45) is 3.32. The number of anilines is 1. The molecule has 114 valence electrons. The van der Waals surface area contributed by atoms with E-state index in [9.17, 15) is 4.79 Å². The minimum atomic E-state index is -0.331. The van der Waals surface area contributed by atoms with Crippen molar-refractivity contribution in [1.29, 1.82) is 0 Å². The summed E-state index contributed by atoms with van der Waals surface area (Å²) in [6, 6.07) is 3.25. The zero-order valence-electron chi connectivity index (χ0n) is 12.0. The Bertz CT molecular complexity index is 798. The second kappa shape index (κ2) is 5.80. The van der Waals surface area contributed by atoms with Gasteiger partial charge in [0.1, 0.15) is 5.76 Å². The summed E-state index contributed by atoms with van der Waals surface area (Å²) in [5.74, 6) is 0.659. The summed E-state index contributed by atoms with van der Waals surface area (Å²) in [6.45, 7) is 4.27. The fraction of sp³-hybridized carbons (Fsp3) is 0.214. The molecule has 0 aliphatic carbocycles. The van der Waals surface area contributed by atoms with Crippen molar-refractivity contribution in [2.24, 2.45) is 0 Å². The number of hydrogen-bond donors (Lipinski definition) is 1. The van der Waals surface area contributed by atoms with Crippen LogP contribution >= 0.6 is 15.9 Å². The maximum Gasteiger partial charge on any atom is 0.291 e. The molecule has 1 N–H and O–H groups in total. The number of carbonyl (C=O) groups excluding carboxylic acids is 1. The molecule has 0 saturated heterocycles. The van der Waals surface area contributed by atoms with Crippen molar-refractivity contribution >= 4 is 27.5 Å². The molecule has 0 fully saturated rings. The van der Waals surface area contributed by atoms with Crippen LogP contribution in [0.2, 0.25) is 0 Å². The highest BCUT2D eigenvalue weighted by Crippen LogP contribution is 2.17. The van der Waals surface area contributed by atoms with Crippen LogP contribution in [0, 0.1) is 13.8 Å². The van der Waals surface area contributed by atoms with E-state index in [2.05, 4.69) is 31.5 Å². The van der Waals surface area contributed by atoms with Gasteiger partial charge in [-0.25, -0.2) is 0 Å². The predicted octanol–water partition coefficient (Wildman–Crippen LogP) is 3.14. The number of aromatic nitrogens is 3. The molecule has 0 radical (unpaired) electrons. The first-order chi connectivity index (χ1) is 10.5. The summed E-state index contributed by atoms with van der Waals surface area (Å²) < 4.78 is 12.5. The van der Waals surface area contributed by atoms with Crippen molar-refractivity contribution in [3.05, 3.63) is 52.0 Å². The Morgan fingerprint density at radius 3 is 2.86 bits per heavy atom. The maximum absolute atomic E-state index is 12.0. The van der Waals surface area contributed by atoms with Crippen LogP contribution in [0.25, 0.3) is 0 Å². The molecule has 0 saturated carbocycles. The lowest BCUT2D eigenvalue weighted by molar-refractivity contribution is 0.0995. The van der Waals surface area contributed by atoms with Crippen LogP contribution in [0.1, 0.15) is 27.6 Å². The van der Waals surface area contributed by atoms with Crippen molar-refractivity contribution in [1.82, 2.24) is 14.9 Å². The van der Waals surface area contributed by atoms with Crippen LogP contribution in [0.4, 0.5) is 5.69 Å². The number of furan rings is 1. The number of nitrogens with zero attached hydrogens (tertiary/aromatic N) is 3. The lowest BCUT2D eigenvalue weighted by Gasteiger charge is -2.01. The van der Waals surface area contributed by atoms with Crippen molar-refractivity contribution in [3.8, 4) is 0 Å². The van der Waals surface area contributed by atoms with Gasteiger partial charge >= 0.3 is 0 Å². The number of rotatable bonds is 4. The van der Waals surface area contributed by atoms with E-state index in [0.29, 0.717) is 16.9 Å². The molecule has 0 unspecified atom stereocenters. The zero-order chi connectivity index (χ0) is 15.7. The molecule has 0 aliphatic heterocycles. The van der Waals surface area contributed by atoms with E-state index in [4.69, 9.17) is 8.94 Å². The molecule has 3 heterocycles. The molecule has 3 aromatic rings. The smallest absolute Gasteiger partial charge is 0.291 e. The summed E-state index contributed by atoms with van der Waals surface area (Å²) in [7, 11) is 0. The van der Waals surface area contributed by atoms with Crippen LogP contribution in [0.15, 0.2) is 38.1 Å². The average molecular weight is 365 g/mol. The number of amides is 1. The van der Waals surface area contributed by atoms with Crippen molar-refractivity contribution in [3.63, 3.8) is 0 Å². The van der Waals surface area contributed by atoms with E-state index in [1.165, 1.54) is 0 Å². The number of hydrogen-bond acceptors (Lipinski definition) is 5. The molecule has 1 amide bonds. The van der Waals surface area contributed by atoms with Crippen LogP contribution in [-0.4, -0.2) is 20.8 Å². The lowest BCUT2D eigenvalue weighted by Crippen LogP contribution is -2.10. The van der Waals surface area contributed by atoms with Crippen LogP contribution in [0.3, 0.4) is 0 Å². The molecule has 0 atom stereocenters. The van der Waals surface area contributed by atoms with E-state index in [-0.39, 0.29) is 11.7 Å². The number of carbonyl (C=O) groups is 1. The first-order valence-corrected chi connectivity index (χ1v) is 7.33. The first kappa shape index (κ1) is 14.6. The Balaban J connectivity index is 1.70. The summed E-state index contributed by atoms with van der Waals surface area (Å²) in [5, 5.41) is 10.8. The predicted molar refractivity (Wildman–Crippen MR) is 81.7 cm³/mol. The van der Waals surface area contributed by atoms with Gasteiger partial charge in [0.25, 0.3) is 5.91 Å². The molecule has 0 aliphatic rings. The van der Waals surface area contributed by atoms with Gasteiger partial charge in [-0.05, 0) is 41.9 Å². The molecular weight excluding hydrogens is 352 g/mol. The fourth-order valence-corrected chi connectivity index (χ4v) is 2.34. The quantitative estimate of drug-likeness (QED) is 0.768. The van der Waals surface area contributed by atoms with Gasteiger partial charge in [0.15, 0.2) is 10.4 Å². The normalized spacial score (nSPS) is 10.9. The van der Waals surface area contributed by atoms with Crippen LogP contribution < -0.4 is 5.32 Å². The third kappa shape index (κ3) is 2.96.